The highest BCUT2D eigenvalue weighted by atomic mass is 32.2. The van der Waals surface area contributed by atoms with Crippen LogP contribution in [0, 0.1) is 0 Å². The van der Waals surface area contributed by atoms with E-state index in [9.17, 15) is 13.2 Å². The largest absolute Gasteiger partial charge is 0.351 e. The number of carbonyl (C=O) groups is 1. The Balaban J connectivity index is 1.54. The van der Waals surface area contributed by atoms with Crippen molar-refractivity contribution >= 4 is 27.7 Å². The van der Waals surface area contributed by atoms with E-state index in [0.29, 0.717) is 31.0 Å². The Bertz CT molecular complexity index is 886. The zero-order chi connectivity index (χ0) is 20.0. The molecule has 0 saturated carbocycles. The van der Waals surface area contributed by atoms with Gasteiger partial charge < -0.3 is 9.88 Å². The van der Waals surface area contributed by atoms with Crippen LogP contribution in [0.1, 0.15) is 36.0 Å². The molecule has 0 atom stereocenters. The molecule has 1 fully saturated rings. The molecular weight excluding hydrogens is 396 g/mol. The van der Waals surface area contributed by atoms with Crippen molar-refractivity contribution in [2.45, 2.75) is 35.7 Å². The van der Waals surface area contributed by atoms with Gasteiger partial charge in [-0.1, -0.05) is 24.6 Å². The summed E-state index contributed by atoms with van der Waals surface area (Å²) in [6, 6.07) is 6.20. The van der Waals surface area contributed by atoms with E-state index in [1.165, 1.54) is 12.1 Å². The van der Waals surface area contributed by atoms with E-state index < -0.39 is 10.0 Å². The van der Waals surface area contributed by atoms with E-state index in [-0.39, 0.29) is 10.8 Å². The molecule has 0 aliphatic carbocycles. The van der Waals surface area contributed by atoms with Crippen LogP contribution in [-0.4, -0.2) is 53.6 Å². The lowest BCUT2D eigenvalue weighted by molar-refractivity contribution is 0.0956. The molecule has 1 aromatic heterocycles. The minimum Gasteiger partial charge on any atom is -0.351 e. The third kappa shape index (κ3) is 5.15. The Morgan fingerprint density at radius 1 is 1.14 bits per heavy atom. The van der Waals surface area contributed by atoms with Gasteiger partial charge in [0, 0.05) is 50.4 Å². The number of amides is 1. The lowest BCUT2D eigenvalue weighted by Gasteiger charge is -2.20. The van der Waals surface area contributed by atoms with Crippen LogP contribution < -0.4 is 5.32 Å². The van der Waals surface area contributed by atoms with Crippen LogP contribution >= 0.6 is 11.8 Å². The van der Waals surface area contributed by atoms with E-state index in [4.69, 9.17) is 0 Å². The van der Waals surface area contributed by atoms with Crippen molar-refractivity contribution in [3.63, 3.8) is 0 Å². The monoisotopic (exact) mass is 422 g/mol. The fourth-order valence-corrected chi connectivity index (χ4v) is 5.41. The van der Waals surface area contributed by atoms with E-state index in [2.05, 4.69) is 10.3 Å². The number of imidazole rings is 1. The third-order valence-corrected chi connectivity index (χ3v) is 7.69. The van der Waals surface area contributed by atoms with Crippen LogP contribution in [0.15, 0.2) is 46.7 Å². The van der Waals surface area contributed by atoms with Gasteiger partial charge in [-0.25, -0.2) is 13.4 Å². The average Bonchev–Trinajstić information content (AvgIpc) is 2.93. The van der Waals surface area contributed by atoms with Gasteiger partial charge in [0.2, 0.25) is 10.0 Å². The van der Waals surface area contributed by atoms with E-state index in [0.717, 1.165) is 30.8 Å². The van der Waals surface area contributed by atoms with Gasteiger partial charge in [0.05, 0.1) is 4.90 Å². The molecule has 152 valence electrons. The Kier molecular flexibility index (Phi) is 7.14. The van der Waals surface area contributed by atoms with Gasteiger partial charge in [-0.05, 0) is 37.1 Å². The summed E-state index contributed by atoms with van der Waals surface area (Å²) >= 11 is 1.57. The second kappa shape index (κ2) is 9.58. The number of aryl methyl sites for hydroxylation is 1. The molecule has 1 amide bonds. The van der Waals surface area contributed by atoms with Gasteiger partial charge in [0.25, 0.3) is 5.91 Å². The molecule has 3 rings (SSSR count). The molecule has 28 heavy (non-hydrogen) atoms. The highest BCUT2D eigenvalue weighted by Gasteiger charge is 2.25. The van der Waals surface area contributed by atoms with Crippen LogP contribution in [0.2, 0.25) is 0 Å². The third-order valence-electron chi connectivity index (χ3n) is 4.72. The Morgan fingerprint density at radius 2 is 1.82 bits per heavy atom. The van der Waals surface area contributed by atoms with Gasteiger partial charge in [-0.2, -0.15) is 4.31 Å². The van der Waals surface area contributed by atoms with Gasteiger partial charge in [-0.15, -0.1) is 0 Å². The van der Waals surface area contributed by atoms with Gasteiger partial charge >= 0.3 is 0 Å². The van der Waals surface area contributed by atoms with Crippen molar-refractivity contribution in [3.8, 4) is 0 Å². The normalized spacial score (nSPS) is 15.9. The maximum Gasteiger partial charge on any atom is 0.251 e. The summed E-state index contributed by atoms with van der Waals surface area (Å²) in [6.07, 6.45) is 7.56. The molecule has 1 aliphatic rings. The van der Waals surface area contributed by atoms with Crippen LogP contribution in [0.25, 0.3) is 0 Å². The first-order chi connectivity index (χ1) is 13.5. The number of nitrogens with zero attached hydrogens (tertiary/aromatic N) is 3. The predicted molar refractivity (Wildman–Crippen MR) is 110 cm³/mol. The van der Waals surface area contributed by atoms with E-state index >= 15 is 0 Å². The standard InChI is InChI=1S/C19H26N4O3S2/c1-22-14-10-21-19(22)27-15-11-20-18(24)16-6-8-17(9-7-16)28(25,26)23-12-4-2-3-5-13-23/h6-10,14H,2-5,11-13,15H2,1H3,(H,20,24). The smallest absolute Gasteiger partial charge is 0.251 e. The van der Waals surface area contributed by atoms with E-state index in [1.807, 2.05) is 17.8 Å². The number of hydrogen-bond donors (Lipinski definition) is 1. The molecule has 0 unspecified atom stereocenters. The molecule has 1 saturated heterocycles. The number of hydrogen-bond acceptors (Lipinski definition) is 5. The Morgan fingerprint density at radius 3 is 2.43 bits per heavy atom. The molecule has 1 aliphatic heterocycles. The highest BCUT2D eigenvalue weighted by Crippen LogP contribution is 2.20. The van der Waals surface area contributed by atoms with Gasteiger partial charge in [0.1, 0.15) is 0 Å². The number of carbonyl (C=O) groups excluding carboxylic acids is 1. The zero-order valence-corrected chi connectivity index (χ0v) is 17.6. The number of nitrogens with one attached hydrogen (secondary N) is 1. The number of aromatic nitrogens is 2. The molecule has 2 heterocycles. The van der Waals surface area contributed by atoms with Crippen molar-refractivity contribution in [2.24, 2.45) is 7.05 Å². The van der Waals surface area contributed by atoms with Crippen LogP contribution in [-0.2, 0) is 17.1 Å². The van der Waals surface area contributed by atoms with Crippen LogP contribution in [0.3, 0.4) is 0 Å². The number of rotatable bonds is 7. The first-order valence-electron chi connectivity index (χ1n) is 9.47. The van der Waals surface area contributed by atoms with Gasteiger partial charge in [-0.3, -0.25) is 4.79 Å². The van der Waals surface area contributed by atoms with E-state index in [1.54, 1.807) is 34.4 Å². The summed E-state index contributed by atoms with van der Waals surface area (Å²) in [5, 5.41) is 3.75. The minimum absolute atomic E-state index is 0.209. The molecule has 9 heteroatoms. The fraction of sp³-hybridized carbons (Fsp3) is 0.474. The molecule has 0 radical (unpaired) electrons. The summed E-state index contributed by atoms with van der Waals surface area (Å²) in [5.41, 5.74) is 0.455. The first kappa shape index (κ1) is 20.9. The SMILES string of the molecule is Cn1ccnc1SCCNC(=O)c1ccc(S(=O)(=O)N2CCCCCC2)cc1. The lowest BCUT2D eigenvalue weighted by atomic mass is 10.2. The molecule has 1 aromatic carbocycles. The first-order valence-corrected chi connectivity index (χ1v) is 11.9. The molecule has 2 aromatic rings. The highest BCUT2D eigenvalue weighted by molar-refractivity contribution is 7.99. The second-order valence-corrected chi connectivity index (χ2v) is 9.77. The summed E-state index contributed by atoms with van der Waals surface area (Å²) in [6.45, 7) is 1.64. The molecule has 1 N–H and O–H groups in total. The fourth-order valence-electron chi connectivity index (χ4n) is 3.11. The zero-order valence-electron chi connectivity index (χ0n) is 16.0. The Hall–Kier alpha value is -1.84. The van der Waals surface area contributed by atoms with Crippen molar-refractivity contribution in [3.05, 3.63) is 42.2 Å². The summed E-state index contributed by atoms with van der Waals surface area (Å²) < 4.78 is 29.1. The minimum atomic E-state index is -3.49. The quantitative estimate of drug-likeness (QED) is 0.547. The molecule has 0 bridgehead atoms. The number of thioether (sulfide) groups is 1. The maximum atomic E-state index is 12.8. The topological polar surface area (TPSA) is 84.3 Å². The predicted octanol–water partition coefficient (Wildman–Crippen LogP) is 2.51. The van der Waals surface area contributed by atoms with Crippen molar-refractivity contribution in [1.29, 1.82) is 0 Å². The van der Waals surface area contributed by atoms with Crippen LogP contribution in [0.4, 0.5) is 0 Å². The summed E-state index contributed by atoms with van der Waals surface area (Å²) in [4.78, 5) is 16.7. The van der Waals surface area contributed by atoms with Crippen molar-refractivity contribution < 1.29 is 13.2 Å². The second-order valence-electron chi connectivity index (χ2n) is 6.77. The molecule has 0 spiro atoms. The molecular formula is C19H26N4O3S2. The average molecular weight is 423 g/mol. The summed E-state index contributed by atoms with van der Waals surface area (Å²) in [7, 11) is -1.56. The number of benzene rings is 1. The van der Waals surface area contributed by atoms with Crippen LogP contribution in [0.5, 0.6) is 0 Å². The Labute approximate surface area is 170 Å². The van der Waals surface area contributed by atoms with Crippen molar-refractivity contribution in [1.82, 2.24) is 19.2 Å². The van der Waals surface area contributed by atoms with Crippen molar-refractivity contribution in [2.75, 3.05) is 25.4 Å². The summed E-state index contributed by atoms with van der Waals surface area (Å²) in [5.74, 6) is 0.497. The number of sulfonamides is 1. The maximum absolute atomic E-state index is 12.8. The van der Waals surface area contributed by atoms with Gasteiger partial charge in [0.15, 0.2) is 5.16 Å². The lowest BCUT2D eigenvalue weighted by Crippen LogP contribution is -2.32. The molecule has 7 nitrogen and oxygen atoms in total.